The van der Waals surface area contributed by atoms with Gasteiger partial charge in [0.2, 0.25) is 0 Å². The highest BCUT2D eigenvalue weighted by atomic mass is 127. The molecule has 0 atom stereocenters. The molecule has 0 saturated carbocycles. The molecule has 0 aromatic heterocycles. The molecule has 0 radical (unpaired) electrons. The summed E-state index contributed by atoms with van der Waals surface area (Å²) in [6.45, 7) is 4.73. The summed E-state index contributed by atoms with van der Waals surface area (Å²) in [5.41, 5.74) is 8.03. The summed E-state index contributed by atoms with van der Waals surface area (Å²) >= 11 is 0. The van der Waals surface area contributed by atoms with E-state index >= 15 is 0 Å². The number of guanidine groups is 1. The molecule has 6 nitrogen and oxygen atoms in total. The smallest absolute Gasteiger partial charge is 0.193 e. The van der Waals surface area contributed by atoms with Gasteiger partial charge in [-0.1, -0.05) is 17.7 Å². The number of nitrogens with zero attached hydrogens (tertiary/aromatic N) is 1. The number of anilines is 1. The highest BCUT2D eigenvalue weighted by Gasteiger charge is 2.10. The number of ether oxygens (including phenoxy) is 3. The van der Waals surface area contributed by atoms with E-state index in [0.717, 1.165) is 42.2 Å². The molecule has 2 aromatic rings. The summed E-state index contributed by atoms with van der Waals surface area (Å²) in [6, 6.07) is 13.8. The normalized spacial score (nSPS) is 13.2. The van der Waals surface area contributed by atoms with Gasteiger partial charge in [-0.3, -0.25) is 4.99 Å². The second-order valence-corrected chi connectivity index (χ2v) is 6.47. The first kappa shape index (κ1) is 22.1. The Labute approximate surface area is 183 Å². The number of rotatable bonds is 7. The lowest BCUT2D eigenvalue weighted by Crippen LogP contribution is -2.22. The van der Waals surface area contributed by atoms with Gasteiger partial charge in [-0.15, -0.1) is 24.0 Å². The zero-order valence-electron chi connectivity index (χ0n) is 16.1. The number of aryl methyl sites for hydroxylation is 1. The van der Waals surface area contributed by atoms with E-state index in [1.165, 1.54) is 5.56 Å². The maximum Gasteiger partial charge on any atom is 0.193 e. The zero-order chi connectivity index (χ0) is 18.9. The third kappa shape index (κ3) is 7.10. The van der Waals surface area contributed by atoms with Crippen molar-refractivity contribution in [1.29, 1.82) is 0 Å². The van der Waals surface area contributed by atoms with Gasteiger partial charge in [0, 0.05) is 24.7 Å². The van der Waals surface area contributed by atoms with Crippen molar-refractivity contribution in [2.75, 3.05) is 31.7 Å². The molecule has 1 heterocycles. The molecule has 3 N–H and O–H groups in total. The predicted octanol–water partition coefficient (Wildman–Crippen LogP) is 4.36. The van der Waals surface area contributed by atoms with Gasteiger partial charge < -0.3 is 25.3 Å². The van der Waals surface area contributed by atoms with Crippen molar-refractivity contribution in [1.82, 2.24) is 0 Å². The first-order valence-corrected chi connectivity index (χ1v) is 9.37. The third-order valence-corrected chi connectivity index (χ3v) is 4.14. The van der Waals surface area contributed by atoms with Gasteiger partial charge >= 0.3 is 0 Å². The number of hydrogen-bond donors (Lipinski definition) is 2. The highest BCUT2D eigenvalue weighted by molar-refractivity contribution is 14.0. The number of nitrogens with one attached hydrogen (secondary N) is 1. The second kappa shape index (κ2) is 11.6. The molecule has 0 spiro atoms. The topological polar surface area (TPSA) is 78.1 Å². The molecule has 0 fully saturated rings. The van der Waals surface area contributed by atoms with Crippen molar-refractivity contribution in [2.24, 2.45) is 10.7 Å². The largest absolute Gasteiger partial charge is 0.494 e. The Morgan fingerprint density at radius 2 is 1.82 bits per heavy atom. The molecule has 1 aliphatic heterocycles. The van der Waals surface area contributed by atoms with Crippen LogP contribution in [0.4, 0.5) is 5.69 Å². The summed E-state index contributed by atoms with van der Waals surface area (Å²) in [4.78, 5) is 4.36. The molecular weight excluding hydrogens is 469 g/mol. The Balaban J connectivity index is 0.00000280. The molecule has 28 heavy (non-hydrogen) atoms. The first-order valence-electron chi connectivity index (χ1n) is 9.37. The molecule has 7 heteroatoms. The van der Waals surface area contributed by atoms with Crippen LogP contribution in [0, 0.1) is 6.92 Å². The van der Waals surface area contributed by atoms with E-state index in [0.29, 0.717) is 32.3 Å². The van der Waals surface area contributed by atoms with Crippen LogP contribution in [-0.4, -0.2) is 32.3 Å². The molecule has 0 unspecified atom stereocenters. The summed E-state index contributed by atoms with van der Waals surface area (Å²) in [5, 5.41) is 3.10. The Kier molecular flexibility index (Phi) is 9.19. The maximum absolute atomic E-state index is 5.97. The molecule has 152 valence electrons. The Bertz CT molecular complexity index is 766. The predicted molar refractivity (Wildman–Crippen MR) is 123 cm³/mol. The van der Waals surface area contributed by atoms with Crippen LogP contribution >= 0.6 is 24.0 Å². The SMILES string of the molecule is Cc1ccc(OCCCCN=C(N)Nc2ccc3c(c2)OCCCO3)cc1.I. The number of hydrogen-bond acceptors (Lipinski definition) is 4. The number of nitrogens with two attached hydrogens (primary N) is 1. The van der Waals surface area contributed by atoms with E-state index in [1.807, 2.05) is 42.5 Å². The Hall–Kier alpha value is -2.16. The van der Waals surface area contributed by atoms with Crippen molar-refractivity contribution in [3.8, 4) is 17.2 Å². The maximum atomic E-state index is 5.97. The van der Waals surface area contributed by atoms with Crippen molar-refractivity contribution in [2.45, 2.75) is 26.2 Å². The number of unbranched alkanes of at least 4 members (excludes halogenated alkanes) is 1. The molecule has 0 saturated heterocycles. The van der Waals surface area contributed by atoms with Crippen LogP contribution < -0.4 is 25.3 Å². The number of benzene rings is 2. The lowest BCUT2D eigenvalue weighted by Gasteiger charge is -2.10. The fraction of sp³-hybridized carbons (Fsp3) is 0.381. The lowest BCUT2D eigenvalue weighted by atomic mass is 10.2. The van der Waals surface area contributed by atoms with Crippen LogP contribution in [0.25, 0.3) is 0 Å². The second-order valence-electron chi connectivity index (χ2n) is 6.47. The monoisotopic (exact) mass is 497 g/mol. The van der Waals surface area contributed by atoms with Gasteiger partial charge in [0.25, 0.3) is 0 Å². The molecular formula is C21H28IN3O3. The quantitative estimate of drug-likeness (QED) is 0.257. The van der Waals surface area contributed by atoms with Crippen molar-refractivity contribution < 1.29 is 14.2 Å². The molecule has 3 rings (SSSR count). The van der Waals surface area contributed by atoms with Crippen LogP contribution in [0.1, 0.15) is 24.8 Å². The number of aliphatic imine (C=N–C) groups is 1. The van der Waals surface area contributed by atoms with Crippen LogP contribution in [0.5, 0.6) is 17.2 Å². The molecule has 1 aliphatic rings. The number of halogens is 1. The lowest BCUT2D eigenvalue weighted by molar-refractivity contribution is 0.297. The van der Waals surface area contributed by atoms with Gasteiger partial charge in [-0.2, -0.15) is 0 Å². The molecule has 2 aromatic carbocycles. The van der Waals surface area contributed by atoms with E-state index < -0.39 is 0 Å². The standard InChI is InChI=1S/C21H27N3O3.HI/c1-16-5-8-18(9-6-16)25-12-3-2-11-23-21(22)24-17-7-10-19-20(15-17)27-14-4-13-26-19;/h5-10,15H,2-4,11-14H2,1H3,(H3,22,23,24);1H. The summed E-state index contributed by atoms with van der Waals surface area (Å²) in [5.74, 6) is 2.80. The van der Waals surface area contributed by atoms with Crippen LogP contribution in [-0.2, 0) is 0 Å². The summed E-state index contributed by atoms with van der Waals surface area (Å²) in [6.07, 6.45) is 2.72. The molecule has 0 bridgehead atoms. The van der Waals surface area contributed by atoms with E-state index in [1.54, 1.807) is 0 Å². The minimum atomic E-state index is 0. The third-order valence-electron chi connectivity index (χ3n) is 4.14. The minimum absolute atomic E-state index is 0. The fourth-order valence-electron chi connectivity index (χ4n) is 2.67. The zero-order valence-corrected chi connectivity index (χ0v) is 18.5. The van der Waals surface area contributed by atoms with Gasteiger partial charge in [0.15, 0.2) is 17.5 Å². The van der Waals surface area contributed by atoms with E-state index in [-0.39, 0.29) is 24.0 Å². The van der Waals surface area contributed by atoms with Crippen molar-refractivity contribution >= 4 is 35.6 Å². The van der Waals surface area contributed by atoms with E-state index in [2.05, 4.69) is 17.2 Å². The van der Waals surface area contributed by atoms with Gasteiger partial charge in [0.05, 0.1) is 19.8 Å². The minimum Gasteiger partial charge on any atom is -0.494 e. The molecule has 0 amide bonds. The first-order chi connectivity index (χ1) is 13.2. The Morgan fingerprint density at radius 3 is 2.61 bits per heavy atom. The average Bonchev–Trinajstić information content (AvgIpc) is 2.91. The summed E-state index contributed by atoms with van der Waals surface area (Å²) < 4.78 is 17.0. The van der Waals surface area contributed by atoms with Crippen LogP contribution in [0.2, 0.25) is 0 Å². The Morgan fingerprint density at radius 1 is 1.07 bits per heavy atom. The van der Waals surface area contributed by atoms with Crippen LogP contribution in [0.3, 0.4) is 0 Å². The molecule has 0 aliphatic carbocycles. The summed E-state index contributed by atoms with van der Waals surface area (Å²) in [7, 11) is 0. The fourth-order valence-corrected chi connectivity index (χ4v) is 2.67. The van der Waals surface area contributed by atoms with Gasteiger partial charge in [-0.25, -0.2) is 0 Å². The highest BCUT2D eigenvalue weighted by Crippen LogP contribution is 2.32. The van der Waals surface area contributed by atoms with Crippen molar-refractivity contribution in [3.05, 3.63) is 48.0 Å². The average molecular weight is 497 g/mol. The number of fused-ring (bicyclic) bond motifs is 1. The van der Waals surface area contributed by atoms with Crippen molar-refractivity contribution in [3.63, 3.8) is 0 Å². The van der Waals surface area contributed by atoms with Gasteiger partial charge in [-0.05, 0) is 44.0 Å². The van der Waals surface area contributed by atoms with Gasteiger partial charge in [0.1, 0.15) is 5.75 Å². The van der Waals surface area contributed by atoms with E-state index in [9.17, 15) is 0 Å². The van der Waals surface area contributed by atoms with E-state index in [4.69, 9.17) is 19.9 Å². The van der Waals surface area contributed by atoms with Crippen LogP contribution in [0.15, 0.2) is 47.5 Å².